The Kier molecular flexibility index (Phi) is 6.40. The Balaban J connectivity index is 1.24. The third kappa shape index (κ3) is 4.91. The number of aromatic nitrogens is 4. The summed E-state index contributed by atoms with van der Waals surface area (Å²) in [5, 5.41) is 12.2. The van der Waals surface area contributed by atoms with E-state index < -0.39 is 36.7 Å². The maximum absolute atomic E-state index is 15.1. The Morgan fingerprint density at radius 2 is 1.97 bits per heavy atom. The van der Waals surface area contributed by atoms with E-state index in [-0.39, 0.29) is 24.7 Å². The Bertz CT molecular complexity index is 1480. The van der Waals surface area contributed by atoms with Gasteiger partial charge in [0.15, 0.2) is 0 Å². The van der Waals surface area contributed by atoms with Gasteiger partial charge in [-0.25, -0.2) is 8.78 Å². The fourth-order valence-electron chi connectivity index (χ4n) is 4.50. The average Bonchev–Trinajstić information content (AvgIpc) is 3.46. The van der Waals surface area contributed by atoms with Gasteiger partial charge in [-0.15, -0.1) is 0 Å². The molecule has 0 radical (unpaired) electrons. The standard InChI is InChI=1S/C25H23ClF2N6O3/c1-14-18-8-5-16(11-20(18)33(2)31-14)22-30-24(37-32-22)19-9-10-34(13-25(19,27)28)21(35)12-29-23(36)15-3-6-17(26)7-4-15/h3-8,11,19H,9-10,12-13H2,1-2H3,(H,29,36). The molecule has 1 N–H and O–H groups in total. The molecule has 0 spiro atoms. The number of piperidine rings is 1. The molecule has 0 aliphatic carbocycles. The third-order valence-corrected chi connectivity index (χ3v) is 6.74. The van der Waals surface area contributed by atoms with Crippen molar-refractivity contribution in [3.05, 3.63) is 64.6 Å². The van der Waals surface area contributed by atoms with Crippen LogP contribution >= 0.6 is 11.6 Å². The van der Waals surface area contributed by atoms with Crippen LogP contribution in [0, 0.1) is 6.92 Å². The van der Waals surface area contributed by atoms with Gasteiger partial charge in [0.25, 0.3) is 11.8 Å². The Morgan fingerprint density at radius 1 is 1.22 bits per heavy atom. The lowest BCUT2D eigenvalue weighted by Crippen LogP contribution is -2.52. The summed E-state index contributed by atoms with van der Waals surface area (Å²) < 4.78 is 37.2. The molecule has 1 fully saturated rings. The molecule has 37 heavy (non-hydrogen) atoms. The summed E-state index contributed by atoms with van der Waals surface area (Å²) in [6.45, 7) is 0.753. The summed E-state index contributed by atoms with van der Waals surface area (Å²) in [4.78, 5) is 30.0. The number of alkyl halides is 2. The van der Waals surface area contributed by atoms with Crippen LogP contribution in [-0.4, -0.2) is 62.2 Å². The number of fused-ring (bicyclic) bond motifs is 1. The molecule has 9 nitrogen and oxygen atoms in total. The van der Waals surface area contributed by atoms with Crippen molar-refractivity contribution >= 4 is 34.3 Å². The number of halogens is 3. The van der Waals surface area contributed by atoms with Crippen LogP contribution in [-0.2, 0) is 11.8 Å². The first-order valence-corrected chi connectivity index (χ1v) is 12.0. The summed E-state index contributed by atoms with van der Waals surface area (Å²) >= 11 is 5.81. The van der Waals surface area contributed by atoms with Gasteiger partial charge < -0.3 is 14.7 Å². The van der Waals surface area contributed by atoms with E-state index in [2.05, 4.69) is 20.6 Å². The minimum Gasteiger partial charge on any atom is -0.343 e. The van der Waals surface area contributed by atoms with E-state index in [1.54, 1.807) is 22.9 Å². The van der Waals surface area contributed by atoms with Crippen LogP contribution in [0.25, 0.3) is 22.3 Å². The second-order valence-corrected chi connectivity index (χ2v) is 9.44. The van der Waals surface area contributed by atoms with Gasteiger partial charge in [-0.05, 0) is 43.7 Å². The van der Waals surface area contributed by atoms with Crippen molar-refractivity contribution in [2.75, 3.05) is 19.6 Å². The van der Waals surface area contributed by atoms with Crippen molar-refractivity contribution < 1.29 is 22.9 Å². The van der Waals surface area contributed by atoms with E-state index in [1.165, 1.54) is 12.1 Å². The van der Waals surface area contributed by atoms with Crippen LogP contribution in [0.4, 0.5) is 8.78 Å². The molecular weight excluding hydrogens is 506 g/mol. The Morgan fingerprint density at radius 3 is 2.70 bits per heavy atom. The van der Waals surface area contributed by atoms with Gasteiger partial charge in [-0.3, -0.25) is 14.3 Å². The van der Waals surface area contributed by atoms with E-state index in [9.17, 15) is 9.59 Å². The zero-order chi connectivity index (χ0) is 26.3. The molecule has 12 heteroatoms. The van der Waals surface area contributed by atoms with Crippen molar-refractivity contribution in [3.8, 4) is 11.4 Å². The molecular formula is C25H23ClF2N6O3. The lowest BCUT2D eigenvalue weighted by Gasteiger charge is -2.36. The molecule has 4 aromatic rings. The quantitative estimate of drug-likeness (QED) is 0.420. The van der Waals surface area contributed by atoms with Crippen LogP contribution in [0.1, 0.15) is 34.3 Å². The van der Waals surface area contributed by atoms with E-state index in [0.717, 1.165) is 21.5 Å². The summed E-state index contributed by atoms with van der Waals surface area (Å²) in [5.74, 6) is -5.69. The summed E-state index contributed by atoms with van der Waals surface area (Å²) in [6.07, 6.45) is -0.0640. The number of carbonyl (C=O) groups excluding carboxylic acids is 2. The average molecular weight is 529 g/mol. The molecule has 5 rings (SSSR count). The highest BCUT2D eigenvalue weighted by Gasteiger charge is 2.49. The third-order valence-electron chi connectivity index (χ3n) is 6.49. The van der Waals surface area contributed by atoms with Gasteiger partial charge in [0, 0.05) is 35.1 Å². The van der Waals surface area contributed by atoms with Gasteiger partial charge >= 0.3 is 0 Å². The van der Waals surface area contributed by atoms with Crippen molar-refractivity contribution in [1.29, 1.82) is 0 Å². The van der Waals surface area contributed by atoms with E-state index in [0.29, 0.717) is 16.1 Å². The van der Waals surface area contributed by atoms with E-state index in [1.807, 2.05) is 26.1 Å². The molecule has 1 aliphatic rings. The topological polar surface area (TPSA) is 106 Å². The highest BCUT2D eigenvalue weighted by atomic mass is 35.5. The van der Waals surface area contributed by atoms with Gasteiger partial charge in [0.05, 0.1) is 24.3 Å². The first kappa shape index (κ1) is 24.8. The highest BCUT2D eigenvalue weighted by molar-refractivity contribution is 6.30. The van der Waals surface area contributed by atoms with Gasteiger partial charge in [-0.1, -0.05) is 28.9 Å². The van der Waals surface area contributed by atoms with Crippen LogP contribution < -0.4 is 5.32 Å². The molecule has 3 heterocycles. The second kappa shape index (κ2) is 9.55. The highest BCUT2D eigenvalue weighted by Crippen LogP contribution is 2.40. The molecule has 1 saturated heterocycles. The number of nitrogens with zero attached hydrogens (tertiary/aromatic N) is 5. The molecule has 2 aromatic heterocycles. The maximum atomic E-state index is 15.1. The lowest BCUT2D eigenvalue weighted by molar-refractivity contribution is -0.144. The van der Waals surface area contributed by atoms with Crippen LogP contribution in [0.2, 0.25) is 5.02 Å². The number of benzene rings is 2. The van der Waals surface area contributed by atoms with Gasteiger partial charge in [-0.2, -0.15) is 10.1 Å². The number of rotatable bonds is 5. The molecule has 0 saturated carbocycles. The molecule has 1 aliphatic heterocycles. The number of amides is 2. The van der Waals surface area contributed by atoms with Crippen molar-refractivity contribution in [2.45, 2.75) is 25.2 Å². The monoisotopic (exact) mass is 528 g/mol. The molecule has 1 atom stereocenters. The number of carbonyl (C=O) groups is 2. The second-order valence-electron chi connectivity index (χ2n) is 9.00. The van der Waals surface area contributed by atoms with E-state index >= 15 is 8.78 Å². The zero-order valence-electron chi connectivity index (χ0n) is 20.0. The number of hydrogen-bond acceptors (Lipinski definition) is 6. The Hall–Kier alpha value is -3.86. The SMILES string of the molecule is Cc1nn(C)c2cc(-c3noc(C4CCN(C(=O)CNC(=O)c5ccc(Cl)cc5)CC4(F)F)n3)ccc12. The summed E-state index contributed by atoms with van der Waals surface area (Å²) in [7, 11) is 1.82. The van der Waals surface area contributed by atoms with Gasteiger partial charge in [0.2, 0.25) is 17.6 Å². The lowest BCUT2D eigenvalue weighted by atomic mass is 9.92. The van der Waals surface area contributed by atoms with Crippen LogP contribution in [0.5, 0.6) is 0 Å². The number of nitrogens with one attached hydrogen (secondary N) is 1. The van der Waals surface area contributed by atoms with Crippen LogP contribution in [0.15, 0.2) is 47.0 Å². The van der Waals surface area contributed by atoms with Gasteiger partial charge in [0.1, 0.15) is 5.92 Å². The molecule has 0 bridgehead atoms. The number of aryl methyl sites for hydroxylation is 2. The number of likely N-dealkylation sites (tertiary alicyclic amines) is 1. The Labute approximate surface area is 215 Å². The molecule has 1 unspecified atom stereocenters. The van der Waals surface area contributed by atoms with Crippen molar-refractivity contribution in [2.24, 2.45) is 7.05 Å². The smallest absolute Gasteiger partial charge is 0.276 e. The maximum Gasteiger partial charge on any atom is 0.276 e. The van der Waals surface area contributed by atoms with E-state index in [4.69, 9.17) is 16.1 Å². The minimum atomic E-state index is -3.29. The zero-order valence-corrected chi connectivity index (χ0v) is 20.8. The first-order chi connectivity index (χ1) is 17.6. The summed E-state index contributed by atoms with van der Waals surface area (Å²) in [6, 6.07) is 11.6. The van der Waals surface area contributed by atoms with Crippen molar-refractivity contribution in [3.63, 3.8) is 0 Å². The van der Waals surface area contributed by atoms with Crippen LogP contribution in [0.3, 0.4) is 0 Å². The molecule has 192 valence electrons. The number of hydrogen-bond donors (Lipinski definition) is 1. The first-order valence-electron chi connectivity index (χ1n) is 11.6. The summed E-state index contributed by atoms with van der Waals surface area (Å²) in [5.41, 5.74) is 2.67. The molecule has 2 aromatic carbocycles. The fourth-order valence-corrected chi connectivity index (χ4v) is 4.62. The predicted molar refractivity (Wildman–Crippen MR) is 131 cm³/mol. The van der Waals surface area contributed by atoms with Crippen molar-refractivity contribution in [1.82, 2.24) is 30.1 Å². The normalized spacial score (nSPS) is 17.2. The fraction of sp³-hybridized carbons (Fsp3) is 0.320. The largest absolute Gasteiger partial charge is 0.343 e. The molecule has 2 amide bonds. The predicted octanol–water partition coefficient (Wildman–Crippen LogP) is 3.97. The minimum absolute atomic E-state index is 0.0634.